The highest BCUT2D eigenvalue weighted by Gasteiger charge is 2.19. The molecule has 0 radical (unpaired) electrons. The second-order valence-electron chi connectivity index (χ2n) is 7.06. The predicted octanol–water partition coefficient (Wildman–Crippen LogP) is 3.86. The second kappa shape index (κ2) is 7.31. The highest BCUT2D eigenvalue weighted by Crippen LogP contribution is 2.28. The van der Waals surface area contributed by atoms with E-state index < -0.39 is 0 Å². The lowest BCUT2D eigenvalue weighted by Gasteiger charge is -2.27. The molecule has 1 N–H and O–H groups in total. The van der Waals surface area contributed by atoms with Crippen molar-refractivity contribution in [3.63, 3.8) is 0 Å². The molecular weight excluding hydrogens is 256 g/mol. The van der Waals surface area contributed by atoms with Crippen LogP contribution in [-0.4, -0.2) is 26.2 Å². The van der Waals surface area contributed by atoms with Crippen molar-refractivity contribution >= 4 is 5.69 Å². The number of fused-ring (bicyclic) bond motifs is 1. The number of nitrogens with one attached hydrogen (secondary N) is 1. The maximum absolute atomic E-state index is 3.70. The van der Waals surface area contributed by atoms with Gasteiger partial charge < -0.3 is 10.2 Å². The van der Waals surface area contributed by atoms with Crippen LogP contribution in [0.3, 0.4) is 0 Å². The fourth-order valence-electron chi connectivity index (χ4n) is 4.09. The van der Waals surface area contributed by atoms with Crippen LogP contribution in [0, 0.1) is 11.8 Å². The number of para-hydroxylation sites is 1. The van der Waals surface area contributed by atoms with E-state index in [0.29, 0.717) is 0 Å². The van der Waals surface area contributed by atoms with Crippen molar-refractivity contribution in [2.24, 2.45) is 11.8 Å². The summed E-state index contributed by atoms with van der Waals surface area (Å²) in [4.78, 5) is 2.56. The first-order valence-corrected chi connectivity index (χ1v) is 8.86. The number of anilines is 1. The molecule has 2 nitrogen and oxygen atoms in total. The summed E-state index contributed by atoms with van der Waals surface area (Å²) in [6.45, 7) is 7.23. The van der Waals surface area contributed by atoms with Gasteiger partial charge in [-0.2, -0.15) is 0 Å². The van der Waals surface area contributed by atoms with E-state index >= 15 is 0 Å². The van der Waals surface area contributed by atoms with Gasteiger partial charge in [0.15, 0.2) is 0 Å². The minimum atomic E-state index is 0.932. The fraction of sp³-hybridized carbons (Fsp3) is 0.684. The quantitative estimate of drug-likeness (QED) is 0.799. The Kier molecular flexibility index (Phi) is 5.18. The van der Waals surface area contributed by atoms with E-state index in [1.807, 2.05) is 0 Å². The molecular formula is C19H30N2. The molecule has 1 aromatic rings. The van der Waals surface area contributed by atoms with Crippen molar-refractivity contribution in [2.75, 3.05) is 31.1 Å². The van der Waals surface area contributed by atoms with Crippen molar-refractivity contribution < 1.29 is 0 Å². The molecule has 1 heterocycles. The number of rotatable bonds is 6. The van der Waals surface area contributed by atoms with Crippen LogP contribution in [0.4, 0.5) is 5.69 Å². The first-order valence-electron chi connectivity index (χ1n) is 8.86. The molecule has 2 atom stereocenters. The molecule has 3 rings (SSSR count). The molecule has 1 aromatic carbocycles. The van der Waals surface area contributed by atoms with E-state index in [9.17, 15) is 0 Å². The molecule has 21 heavy (non-hydrogen) atoms. The van der Waals surface area contributed by atoms with Gasteiger partial charge in [0.25, 0.3) is 0 Å². The first kappa shape index (κ1) is 14.9. The van der Waals surface area contributed by atoms with Gasteiger partial charge in [0.05, 0.1) is 0 Å². The third-order valence-corrected chi connectivity index (χ3v) is 5.24. The highest BCUT2D eigenvalue weighted by molar-refractivity contribution is 5.57. The maximum atomic E-state index is 3.70. The van der Waals surface area contributed by atoms with Gasteiger partial charge in [-0.1, -0.05) is 38.0 Å². The van der Waals surface area contributed by atoms with Crippen molar-refractivity contribution in [2.45, 2.75) is 45.4 Å². The molecule has 0 aromatic heterocycles. The molecule has 2 heteroatoms. The Hall–Kier alpha value is -1.02. The van der Waals surface area contributed by atoms with Gasteiger partial charge in [-0.15, -0.1) is 0 Å². The summed E-state index contributed by atoms with van der Waals surface area (Å²) < 4.78 is 0. The van der Waals surface area contributed by atoms with E-state index in [0.717, 1.165) is 11.8 Å². The van der Waals surface area contributed by atoms with Gasteiger partial charge in [0.2, 0.25) is 0 Å². The molecule has 2 unspecified atom stereocenters. The molecule has 0 spiro atoms. The Morgan fingerprint density at radius 1 is 1.24 bits per heavy atom. The third-order valence-electron chi connectivity index (χ3n) is 5.24. The summed E-state index contributed by atoms with van der Waals surface area (Å²) in [5.41, 5.74) is 3.00. The standard InChI is InChI=1S/C19H30N2/c1-16-6-4-7-17(14-16)15-20-11-5-12-21-13-10-18-8-2-3-9-19(18)21/h2-3,8-9,16-17,20H,4-7,10-15H2,1H3. The van der Waals surface area contributed by atoms with E-state index in [-0.39, 0.29) is 0 Å². The van der Waals surface area contributed by atoms with E-state index in [1.165, 1.54) is 76.0 Å². The van der Waals surface area contributed by atoms with Gasteiger partial charge >= 0.3 is 0 Å². The summed E-state index contributed by atoms with van der Waals surface area (Å²) in [6, 6.07) is 8.88. The van der Waals surface area contributed by atoms with Crippen LogP contribution in [-0.2, 0) is 6.42 Å². The van der Waals surface area contributed by atoms with Crippen LogP contribution in [0.1, 0.15) is 44.6 Å². The Bertz CT molecular complexity index is 443. The Morgan fingerprint density at radius 3 is 3.05 bits per heavy atom. The lowest BCUT2D eigenvalue weighted by Crippen LogP contribution is -2.30. The molecule has 116 valence electrons. The van der Waals surface area contributed by atoms with Crippen molar-refractivity contribution in [1.29, 1.82) is 0 Å². The van der Waals surface area contributed by atoms with Crippen LogP contribution in [0.25, 0.3) is 0 Å². The van der Waals surface area contributed by atoms with Crippen LogP contribution in [0.2, 0.25) is 0 Å². The topological polar surface area (TPSA) is 15.3 Å². The molecule has 1 saturated carbocycles. The molecule has 0 saturated heterocycles. The predicted molar refractivity (Wildman–Crippen MR) is 91.0 cm³/mol. The van der Waals surface area contributed by atoms with Gasteiger partial charge in [0, 0.05) is 18.8 Å². The zero-order chi connectivity index (χ0) is 14.5. The highest BCUT2D eigenvalue weighted by atomic mass is 15.1. The second-order valence-corrected chi connectivity index (χ2v) is 7.06. The largest absolute Gasteiger partial charge is 0.371 e. The van der Waals surface area contributed by atoms with E-state index in [1.54, 1.807) is 0 Å². The summed E-state index contributed by atoms with van der Waals surface area (Å²) >= 11 is 0. The summed E-state index contributed by atoms with van der Waals surface area (Å²) in [6.07, 6.45) is 8.26. The van der Waals surface area contributed by atoms with Crippen LogP contribution < -0.4 is 10.2 Å². The van der Waals surface area contributed by atoms with Crippen LogP contribution in [0.15, 0.2) is 24.3 Å². The van der Waals surface area contributed by atoms with Crippen LogP contribution in [0.5, 0.6) is 0 Å². The molecule has 1 aliphatic heterocycles. The van der Waals surface area contributed by atoms with Crippen LogP contribution >= 0.6 is 0 Å². The van der Waals surface area contributed by atoms with Crippen molar-refractivity contribution in [1.82, 2.24) is 5.32 Å². The average molecular weight is 286 g/mol. The Labute approximate surface area is 129 Å². The minimum Gasteiger partial charge on any atom is -0.371 e. The molecule has 0 bridgehead atoms. The number of benzene rings is 1. The maximum Gasteiger partial charge on any atom is 0.0399 e. The summed E-state index contributed by atoms with van der Waals surface area (Å²) in [7, 11) is 0. The molecule has 2 aliphatic rings. The van der Waals surface area contributed by atoms with E-state index in [4.69, 9.17) is 0 Å². The SMILES string of the molecule is CC1CCCC(CNCCCN2CCc3ccccc32)C1. The van der Waals surface area contributed by atoms with E-state index in [2.05, 4.69) is 41.4 Å². The summed E-state index contributed by atoms with van der Waals surface area (Å²) in [5.74, 6) is 1.88. The van der Waals surface area contributed by atoms with Crippen molar-refractivity contribution in [3.8, 4) is 0 Å². The number of hydrogen-bond acceptors (Lipinski definition) is 2. The fourth-order valence-corrected chi connectivity index (χ4v) is 4.09. The lowest BCUT2D eigenvalue weighted by molar-refractivity contribution is 0.274. The zero-order valence-electron chi connectivity index (χ0n) is 13.5. The first-order chi connectivity index (χ1) is 10.3. The summed E-state index contributed by atoms with van der Waals surface area (Å²) in [5, 5.41) is 3.70. The van der Waals surface area contributed by atoms with Gasteiger partial charge in [0.1, 0.15) is 0 Å². The number of nitrogens with zero attached hydrogens (tertiary/aromatic N) is 1. The monoisotopic (exact) mass is 286 g/mol. The zero-order valence-corrected chi connectivity index (χ0v) is 13.5. The normalized spacial score (nSPS) is 25.1. The van der Waals surface area contributed by atoms with Gasteiger partial charge in [-0.3, -0.25) is 0 Å². The Balaban J connectivity index is 1.32. The molecule has 1 fully saturated rings. The number of hydrogen-bond donors (Lipinski definition) is 1. The smallest absolute Gasteiger partial charge is 0.0399 e. The molecule has 1 aliphatic carbocycles. The third kappa shape index (κ3) is 4.00. The lowest BCUT2D eigenvalue weighted by atomic mass is 9.82. The van der Waals surface area contributed by atoms with Crippen molar-refractivity contribution in [3.05, 3.63) is 29.8 Å². The van der Waals surface area contributed by atoms with Gasteiger partial charge in [-0.25, -0.2) is 0 Å². The Morgan fingerprint density at radius 2 is 2.14 bits per heavy atom. The molecule has 0 amide bonds. The van der Waals surface area contributed by atoms with Gasteiger partial charge in [-0.05, 0) is 62.2 Å². The minimum absolute atomic E-state index is 0.932. The average Bonchev–Trinajstić information content (AvgIpc) is 2.90.